The molecule has 0 amide bonds. The molecule has 1 aromatic heterocycles. The van der Waals surface area contributed by atoms with Crippen molar-refractivity contribution in [3.63, 3.8) is 0 Å². The molecule has 1 heterocycles. The van der Waals surface area contributed by atoms with Crippen molar-refractivity contribution in [1.82, 2.24) is 9.78 Å². The summed E-state index contributed by atoms with van der Waals surface area (Å²) < 4.78 is 20.8. The molecule has 24 heavy (non-hydrogen) atoms. The molecule has 1 aliphatic rings. The van der Waals surface area contributed by atoms with Crippen molar-refractivity contribution in [2.24, 2.45) is 11.8 Å². The molecule has 0 bridgehead atoms. The van der Waals surface area contributed by atoms with Crippen LogP contribution in [-0.4, -0.2) is 22.9 Å². The standard InChI is InChI=1S/C18H20FN3O2/c1-11-17-15(19)7-13(9-20)8-16(17)22(21-11)10-12-3-5-14(6-4-12)18(23)24-2/h7-8,12,14H,3-6,10H2,1-2H3/t12-,14-. The normalized spacial score (nSPS) is 20.8. The molecule has 6 heteroatoms. The summed E-state index contributed by atoms with van der Waals surface area (Å²) in [5, 5.41) is 14.0. The second-order valence-corrected chi connectivity index (χ2v) is 6.47. The second-order valence-electron chi connectivity index (χ2n) is 6.47. The highest BCUT2D eigenvalue weighted by atomic mass is 19.1. The summed E-state index contributed by atoms with van der Waals surface area (Å²) in [7, 11) is 1.43. The number of nitrogens with zero attached hydrogens (tertiary/aromatic N) is 3. The topological polar surface area (TPSA) is 67.9 Å². The predicted octanol–water partition coefficient (Wildman–Crippen LogP) is 3.33. The summed E-state index contributed by atoms with van der Waals surface area (Å²) >= 11 is 0. The molecular weight excluding hydrogens is 309 g/mol. The Hall–Kier alpha value is -2.42. The van der Waals surface area contributed by atoms with E-state index < -0.39 is 5.82 Å². The number of ether oxygens (including phenoxy) is 1. The van der Waals surface area contributed by atoms with Crippen LogP contribution < -0.4 is 0 Å². The summed E-state index contributed by atoms with van der Waals surface area (Å²) in [6.07, 6.45) is 3.46. The molecule has 2 aromatic rings. The van der Waals surface area contributed by atoms with Gasteiger partial charge in [0.1, 0.15) is 5.82 Å². The van der Waals surface area contributed by atoms with Gasteiger partial charge in [0.2, 0.25) is 0 Å². The Morgan fingerprint density at radius 1 is 1.42 bits per heavy atom. The maximum atomic E-state index is 14.2. The highest BCUT2D eigenvalue weighted by Gasteiger charge is 2.27. The predicted molar refractivity (Wildman–Crippen MR) is 86.6 cm³/mol. The Morgan fingerprint density at radius 2 is 2.12 bits per heavy atom. The van der Waals surface area contributed by atoms with E-state index in [1.165, 1.54) is 13.2 Å². The summed E-state index contributed by atoms with van der Waals surface area (Å²) in [4.78, 5) is 11.6. The Bertz CT molecular complexity index is 814. The monoisotopic (exact) mass is 329 g/mol. The number of carbonyl (C=O) groups is 1. The number of aryl methyl sites for hydroxylation is 1. The number of hydrogen-bond acceptors (Lipinski definition) is 4. The van der Waals surface area contributed by atoms with Crippen molar-refractivity contribution in [2.75, 3.05) is 7.11 Å². The quantitative estimate of drug-likeness (QED) is 0.810. The van der Waals surface area contributed by atoms with Crippen LogP contribution in [0.2, 0.25) is 0 Å². The maximum absolute atomic E-state index is 14.2. The van der Waals surface area contributed by atoms with Crippen LogP contribution in [0.25, 0.3) is 10.9 Å². The van der Waals surface area contributed by atoms with Crippen LogP contribution in [0.4, 0.5) is 4.39 Å². The number of halogens is 1. The summed E-state index contributed by atoms with van der Waals surface area (Å²) in [5.41, 5.74) is 1.60. The molecule has 1 fully saturated rings. The van der Waals surface area contributed by atoms with E-state index in [1.807, 2.05) is 6.07 Å². The fourth-order valence-corrected chi connectivity index (χ4v) is 3.63. The van der Waals surface area contributed by atoms with E-state index in [2.05, 4.69) is 5.10 Å². The molecule has 0 N–H and O–H groups in total. The molecule has 5 nitrogen and oxygen atoms in total. The van der Waals surface area contributed by atoms with Gasteiger partial charge in [0, 0.05) is 6.54 Å². The van der Waals surface area contributed by atoms with E-state index in [9.17, 15) is 9.18 Å². The molecule has 1 aliphatic carbocycles. The molecule has 0 saturated heterocycles. The molecule has 3 rings (SSSR count). The van der Waals surface area contributed by atoms with Crippen LogP contribution >= 0.6 is 0 Å². The third-order valence-electron chi connectivity index (χ3n) is 4.92. The number of benzene rings is 1. The van der Waals surface area contributed by atoms with Crippen LogP contribution in [-0.2, 0) is 16.1 Å². The average molecular weight is 329 g/mol. The Balaban J connectivity index is 1.80. The number of hydrogen-bond donors (Lipinski definition) is 0. The molecule has 0 spiro atoms. The van der Waals surface area contributed by atoms with Gasteiger partial charge in [-0.25, -0.2) is 4.39 Å². The maximum Gasteiger partial charge on any atom is 0.308 e. The fraction of sp³-hybridized carbons (Fsp3) is 0.500. The minimum Gasteiger partial charge on any atom is -0.469 e. The van der Waals surface area contributed by atoms with E-state index in [0.29, 0.717) is 34.6 Å². The van der Waals surface area contributed by atoms with Crippen LogP contribution in [0.3, 0.4) is 0 Å². The Kier molecular flexibility index (Phi) is 4.52. The second kappa shape index (κ2) is 6.60. The first kappa shape index (κ1) is 16.4. The number of fused-ring (bicyclic) bond motifs is 1. The zero-order valence-corrected chi connectivity index (χ0v) is 13.9. The SMILES string of the molecule is COC(=O)[C@H]1CC[C@H](Cn2nc(C)c3c(F)cc(C#N)cc32)CC1. The van der Waals surface area contributed by atoms with Gasteiger partial charge in [-0.05, 0) is 50.7 Å². The fourth-order valence-electron chi connectivity index (χ4n) is 3.63. The van der Waals surface area contributed by atoms with Crippen molar-refractivity contribution in [3.05, 3.63) is 29.2 Å². The first-order valence-corrected chi connectivity index (χ1v) is 8.18. The molecule has 1 aromatic carbocycles. The van der Waals surface area contributed by atoms with Gasteiger partial charge in [-0.3, -0.25) is 9.48 Å². The minimum absolute atomic E-state index is 0.00927. The van der Waals surface area contributed by atoms with Crippen molar-refractivity contribution in [3.8, 4) is 6.07 Å². The van der Waals surface area contributed by atoms with Gasteiger partial charge in [0.25, 0.3) is 0 Å². The van der Waals surface area contributed by atoms with Gasteiger partial charge >= 0.3 is 5.97 Å². The molecule has 0 radical (unpaired) electrons. The number of aromatic nitrogens is 2. The van der Waals surface area contributed by atoms with Crippen LogP contribution in [0.1, 0.15) is 36.9 Å². The first-order valence-electron chi connectivity index (χ1n) is 8.18. The lowest BCUT2D eigenvalue weighted by molar-refractivity contribution is -0.146. The summed E-state index contributed by atoms with van der Waals surface area (Å²) in [6.45, 7) is 2.45. The zero-order valence-electron chi connectivity index (χ0n) is 13.9. The molecule has 1 saturated carbocycles. The van der Waals surface area contributed by atoms with E-state index >= 15 is 0 Å². The Morgan fingerprint density at radius 3 is 2.75 bits per heavy atom. The average Bonchev–Trinajstić information content (AvgIpc) is 2.90. The van der Waals surface area contributed by atoms with Crippen LogP contribution in [0.15, 0.2) is 12.1 Å². The highest BCUT2D eigenvalue weighted by Crippen LogP contribution is 2.32. The summed E-state index contributed by atoms with van der Waals surface area (Å²) in [6, 6.07) is 4.94. The summed E-state index contributed by atoms with van der Waals surface area (Å²) in [5.74, 6) is -0.149. The first-order chi connectivity index (χ1) is 11.5. The molecular formula is C18H20FN3O2. The third kappa shape index (κ3) is 2.99. The van der Waals surface area contributed by atoms with Gasteiger partial charge in [0.15, 0.2) is 0 Å². The lowest BCUT2D eigenvalue weighted by atomic mass is 9.82. The van der Waals surface area contributed by atoms with E-state index in [-0.39, 0.29) is 11.9 Å². The van der Waals surface area contributed by atoms with Gasteiger partial charge in [-0.15, -0.1) is 0 Å². The van der Waals surface area contributed by atoms with Gasteiger partial charge < -0.3 is 4.74 Å². The van der Waals surface area contributed by atoms with Gasteiger partial charge in [-0.1, -0.05) is 0 Å². The van der Waals surface area contributed by atoms with Crippen molar-refractivity contribution < 1.29 is 13.9 Å². The van der Waals surface area contributed by atoms with Crippen molar-refractivity contribution in [1.29, 1.82) is 5.26 Å². The lowest BCUT2D eigenvalue weighted by Gasteiger charge is -2.26. The van der Waals surface area contributed by atoms with Gasteiger partial charge in [-0.2, -0.15) is 10.4 Å². The molecule has 0 atom stereocenters. The Labute approximate surface area is 140 Å². The molecule has 0 unspecified atom stereocenters. The van der Waals surface area contributed by atoms with E-state index in [4.69, 9.17) is 10.00 Å². The van der Waals surface area contributed by atoms with Crippen molar-refractivity contribution >= 4 is 16.9 Å². The number of carbonyl (C=O) groups excluding carboxylic acids is 1. The van der Waals surface area contributed by atoms with Crippen molar-refractivity contribution in [2.45, 2.75) is 39.2 Å². The largest absolute Gasteiger partial charge is 0.469 e. The smallest absolute Gasteiger partial charge is 0.308 e. The van der Waals surface area contributed by atoms with Gasteiger partial charge in [0.05, 0.1) is 41.3 Å². The van der Waals surface area contributed by atoms with E-state index in [1.54, 1.807) is 17.7 Å². The number of rotatable bonds is 3. The molecule has 0 aliphatic heterocycles. The van der Waals surface area contributed by atoms with E-state index in [0.717, 1.165) is 25.7 Å². The number of nitriles is 1. The minimum atomic E-state index is -0.401. The third-order valence-corrected chi connectivity index (χ3v) is 4.92. The number of esters is 1. The zero-order chi connectivity index (χ0) is 17.3. The van der Waals surface area contributed by atoms with Crippen LogP contribution in [0, 0.1) is 35.9 Å². The number of methoxy groups -OCH3 is 1. The lowest BCUT2D eigenvalue weighted by Crippen LogP contribution is -2.25. The van der Waals surface area contributed by atoms with Crippen LogP contribution in [0.5, 0.6) is 0 Å². The highest BCUT2D eigenvalue weighted by molar-refractivity contribution is 5.83. The molecule has 126 valence electrons.